The zero-order valence-corrected chi connectivity index (χ0v) is 11.1. The van der Waals surface area contributed by atoms with Crippen LogP contribution in [0.1, 0.15) is 34.7 Å². The third kappa shape index (κ3) is 1.79. The lowest BCUT2D eigenvalue weighted by atomic mass is 9.84. The molecule has 3 nitrogen and oxygen atoms in total. The highest BCUT2D eigenvalue weighted by atomic mass is 16.6. The van der Waals surface area contributed by atoms with Crippen LogP contribution >= 0.6 is 0 Å². The van der Waals surface area contributed by atoms with Crippen LogP contribution in [0.5, 0.6) is 0 Å². The van der Waals surface area contributed by atoms with Gasteiger partial charge in [-0.25, -0.2) is 4.79 Å². The van der Waals surface area contributed by atoms with Gasteiger partial charge in [-0.2, -0.15) is 0 Å². The van der Waals surface area contributed by atoms with E-state index >= 15 is 0 Å². The summed E-state index contributed by atoms with van der Waals surface area (Å²) in [6.07, 6.45) is -0.328. The lowest BCUT2D eigenvalue weighted by Crippen LogP contribution is -2.29. The summed E-state index contributed by atoms with van der Waals surface area (Å²) in [6, 6.07) is 2.18. The normalized spacial score (nSPS) is 23.5. The first-order valence-corrected chi connectivity index (χ1v) is 5.90. The van der Waals surface area contributed by atoms with E-state index in [1.165, 1.54) is 22.3 Å². The van der Waals surface area contributed by atoms with Crippen molar-refractivity contribution in [2.24, 2.45) is 0 Å². The maximum Gasteiger partial charge on any atom is 0.408 e. The van der Waals surface area contributed by atoms with Crippen LogP contribution in [0.3, 0.4) is 0 Å². The molecule has 17 heavy (non-hydrogen) atoms. The average Bonchev–Trinajstić information content (AvgIpc) is 2.57. The lowest BCUT2D eigenvalue weighted by molar-refractivity contribution is 0.0693. The number of hydrogen-bond acceptors (Lipinski definition) is 2. The summed E-state index contributed by atoms with van der Waals surface area (Å²) in [5, 5.41) is 2.74. The first-order valence-electron chi connectivity index (χ1n) is 5.90. The van der Waals surface area contributed by atoms with Gasteiger partial charge in [-0.3, -0.25) is 0 Å². The molecule has 1 aliphatic rings. The number of hydrogen-bond donors (Lipinski definition) is 1. The topological polar surface area (TPSA) is 38.3 Å². The van der Waals surface area contributed by atoms with E-state index in [0.717, 1.165) is 5.56 Å². The van der Waals surface area contributed by atoms with E-state index in [-0.39, 0.29) is 6.09 Å². The smallest absolute Gasteiger partial charge is 0.408 e. The molecule has 92 valence electrons. The highest BCUT2D eigenvalue weighted by Crippen LogP contribution is 2.35. The summed E-state index contributed by atoms with van der Waals surface area (Å²) >= 11 is 0. The predicted octanol–water partition coefficient (Wildman–Crippen LogP) is 2.88. The first-order chi connectivity index (χ1) is 7.85. The predicted molar refractivity (Wildman–Crippen MR) is 67.2 cm³/mol. The second kappa shape index (κ2) is 3.76. The molecule has 1 aliphatic heterocycles. The summed E-state index contributed by atoms with van der Waals surface area (Å²) in [5.74, 6) is 0. The minimum Gasteiger partial charge on any atom is -0.436 e. The third-order valence-electron chi connectivity index (χ3n) is 3.78. The molecule has 0 spiro atoms. The number of alkyl carbamates (subject to hydrolysis) is 1. The molecule has 3 heteroatoms. The lowest BCUT2D eigenvalue weighted by Gasteiger charge is -2.27. The largest absolute Gasteiger partial charge is 0.436 e. The number of carbonyl (C=O) groups is 1. The number of carbonyl (C=O) groups excluding carboxylic acids is 1. The van der Waals surface area contributed by atoms with Crippen molar-refractivity contribution in [2.45, 2.75) is 40.2 Å². The highest BCUT2D eigenvalue weighted by molar-refractivity contribution is 5.71. The molecule has 2 rings (SSSR count). The van der Waals surface area contributed by atoms with E-state index < -0.39 is 5.60 Å². The monoisotopic (exact) mass is 233 g/mol. The van der Waals surface area contributed by atoms with E-state index in [1.54, 1.807) is 0 Å². The van der Waals surface area contributed by atoms with E-state index in [4.69, 9.17) is 4.74 Å². The van der Waals surface area contributed by atoms with Gasteiger partial charge in [0.2, 0.25) is 0 Å². The van der Waals surface area contributed by atoms with E-state index in [0.29, 0.717) is 6.54 Å². The van der Waals surface area contributed by atoms with E-state index in [1.807, 2.05) is 6.92 Å². The molecule has 1 saturated heterocycles. The molecular weight excluding hydrogens is 214 g/mol. The summed E-state index contributed by atoms with van der Waals surface area (Å²) in [6.45, 7) is 10.9. The summed E-state index contributed by atoms with van der Waals surface area (Å²) in [4.78, 5) is 11.3. The molecule has 0 saturated carbocycles. The molecule has 1 aromatic rings. The van der Waals surface area contributed by atoms with E-state index in [9.17, 15) is 4.79 Å². The number of ether oxygens (including phenoxy) is 1. The van der Waals surface area contributed by atoms with Crippen LogP contribution in [0, 0.1) is 27.7 Å². The fourth-order valence-electron chi connectivity index (χ4n) is 2.67. The van der Waals surface area contributed by atoms with Gasteiger partial charge >= 0.3 is 6.09 Å². The van der Waals surface area contributed by atoms with Gasteiger partial charge in [0.1, 0.15) is 0 Å². The molecule has 1 aromatic carbocycles. The minimum absolute atomic E-state index is 0.328. The molecular formula is C14H19NO2. The number of rotatable bonds is 1. The zero-order chi connectivity index (χ0) is 12.8. The van der Waals surface area contributed by atoms with Crippen LogP contribution in [0.25, 0.3) is 0 Å². The fourth-order valence-corrected chi connectivity index (χ4v) is 2.67. The van der Waals surface area contributed by atoms with Gasteiger partial charge in [0, 0.05) is 5.56 Å². The molecule has 1 fully saturated rings. The number of amides is 1. The van der Waals surface area contributed by atoms with Gasteiger partial charge in [0.05, 0.1) is 6.54 Å². The number of nitrogens with one attached hydrogen (secondary N) is 1. The molecule has 1 unspecified atom stereocenters. The number of cyclic esters (lactones) is 1. The van der Waals surface area contributed by atoms with Gasteiger partial charge in [0.15, 0.2) is 5.60 Å². The van der Waals surface area contributed by atoms with Crippen molar-refractivity contribution in [3.8, 4) is 0 Å². The Labute approximate surface area is 102 Å². The Hall–Kier alpha value is -1.51. The minimum atomic E-state index is -0.540. The average molecular weight is 233 g/mol. The second-order valence-corrected chi connectivity index (χ2v) is 5.11. The first kappa shape index (κ1) is 12.0. The Morgan fingerprint density at radius 1 is 1.18 bits per heavy atom. The van der Waals surface area contributed by atoms with Crippen molar-refractivity contribution in [3.63, 3.8) is 0 Å². The summed E-state index contributed by atoms with van der Waals surface area (Å²) in [7, 11) is 0. The van der Waals surface area contributed by atoms with Crippen LogP contribution in [-0.4, -0.2) is 12.6 Å². The molecule has 1 N–H and O–H groups in total. The van der Waals surface area contributed by atoms with Crippen molar-refractivity contribution < 1.29 is 9.53 Å². The Balaban J connectivity index is 2.63. The maximum atomic E-state index is 11.3. The molecule has 1 amide bonds. The molecule has 0 bridgehead atoms. The van der Waals surface area contributed by atoms with Crippen LogP contribution in [0.15, 0.2) is 6.07 Å². The Kier molecular flexibility index (Phi) is 2.64. The zero-order valence-electron chi connectivity index (χ0n) is 11.1. The molecule has 0 aliphatic carbocycles. The SMILES string of the molecule is Cc1cc(C)c(C)c(C2(C)CNC(=O)O2)c1C. The van der Waals surface area contributed by atoms with Gasteiger partial charge in [-0.15, -0.1) is 0 Å². The maximum absolute atomic E-state index is 11.3. The molecule has 1 atom stereocenters. The van der Waals surface area contributed by atoms with Crippen LogP contribution < -0.4 is 5.32 Å². The van der Waals surface area contributed by atoms with Gasteiger partial charge in [-0.05, 0) is 56.9 Å². The second-order valence-electron chi connectivity index (χ2n) is 5.11. The van der Waals surface area contributed by atoms with Crippen molar-refractivity contribution >= 4 is 6.09 Å². The van der Waals surface area contributed by atoms with Crippen molar-refractivity contribution in [3.05, 3.63) is 33.9 Å². The van der Waals surface area contributed by atoms with Gasteiger partial charge in [-0.1, -0.05) is 6.07 Å². The van der Waals surface area contributed by atoms with Crippen LogP contribution in [0.4, 0.5) is 4.79 Å². The van der Waals surface area contributed by atoms with Gasteiger partial charge < -0.3 is 10.1 Å². The Bertz CT molecular complexity index is 467. The van der Waals surface area contributed by atoms with Crippen molar-refractivity contribution in [1.29, 1.82) is 0 Å². The van der Waals surface area contributed by atoms with Crippen LogP contribution in [0.2, 0.25) is 0 Å². The van der Waals surface area contributed by atoms with Crippen LogP contribution in [-0.2, 0) is 10.3 Å². The Morgan fingerprint density at radius 2 is 1.71 bits per heavy atom. The summed E-state index contributed by atoms with van der Waals surface area (Å²) < 4.78 is 5.46. The van der Waals surface area contributed by atoms with Crippen molar-refractivity contribution in [2.75, 3.05) is 6.54 Å². The Morgan fingerprint density at radius 3 is 2.12 bits per heavy atom. The molecule has 1 heterocycles. The molecule has 0 radical (unpaired) electrons. The number of benzene rings is 1. The summed E-state index contributed by atoms with van der Waals surface area (Å²) in [5.41, 5.74) is 5.52. The van der Waals surface area contributed by atoms with Gasteiger partial charge in [0.25, 0.3) is 0 Å². The highest BCUT2D eigenvalue weighted by Gasteiger charge is 2.39. The third-order valence-corrected chi connectivity index (χ3v) is 3.78. The standard InChI is InChI=1S/C14H19NO2/c1-8-6-9(2)11(4)12(10(8)3)14(5)7-15-13(16)17-14/h6H,7H2,1-5H3,(H,15,16). The fraction of sp³-hybridized carbons (Fsp3) is 0.500. The molecule has 0 aromatic heterocycles. The van der Waals surface area contributed by atoms with Crippen molar-refractivity contribution in [1.82, 2.24) is 5.32 Å². The number of aryl methyl sites for hydroxylation is 2. The quantitative estimate of drug-likeness (QED) is 0.810. The van der Waals surface area contributed by atoms with E-state index in [2.05, 4.69) is 39.1 Å².